The molecule has 15 heavy (non-hydrogen) atoms. The van der Waals surface area contributed by atoms with Gasteiger partial charge in [-0.25, -0.2) is 4.79 Å². The summed E-state index contributed by atoms with van der Waals surface area (Å²) in [7, 11) is 2.94. The quantitative estimate of drug-likeness (QED) is 0.457. The smallest absolute Gasteiger partial charge is 0.340 e. The standard InChI is InChI=1S/C10H13NO4/c1-13-6-15-10(12)7-3-8(11)5-9(4-7)14-2/h3-5H,6,11H2,1-2H3. The van der Waals surface area contributed by atoms with Crippen LogP contribution in [0.3, 0.4) is 0 Å². The number of methoxy groups -OCH3 is 2. The number of rotatable bonds is 4. The predicted octanol–water partition coefficient (Wildman–Crippen LogP) is 1.04. The normalized spacial score (nSPS) is 9.73. The van der Waals surface area contributed by atoms with Crippen molar-refractivity contribution < 1.29 is 19.0 Å². The zero-order valence-corrected chi connectivity index (χ0v) is 8.65. The Labute approximate surface area is 87.7 Å². The molecule has 0 unspecified atom stereocenters. The predicted molar refractivity (Wildman–Crippen MR) is 54.7 cm³/mol. The minimum atomic E-state index is -0.498. The molecule has 0 amide bonds. The van der Waals surface area contributed by atoms with Crippen molar-refractivity contribution in [2.75, 3.05) is 26.7 Å². The average molecular weight is 211 g/mol. The number of carbonyl (C=O) groups is 1. The maximum absolute atomic E-state index is 11.4. The van der Waals surface area contributed by atoms with Crippen molar-refractivity contribution in [3.05, 3.63) is 23.8 Å². The molecule has 0 aliphatic heterocycles. The number of esters is 1. The van der Waals surface area contributed by atoms with Crippen LogP contribution in [-0.2, 0) is 9.47 Å². The first-order valence-electron chi connectivity index (χ1n) is 4.28. The number of nitrogens with two attached hydrogens (primary N) is 1. The van der Waals surface area contributed by atoms with Crippen molar-refractivity contribution >= 4 is 11.7 Å². The van der Waals surface area contributed by atoms with Crippen molar-refractivity contribution in [2.45, 2.75) is 0 Å². The lowest BCUT2D eigenvalue weighted by molar-refractivity contribution is -0.0125. The van der Waals surface area contributed by atoms with Gasteiger partial charge in [-0.1, -0.05) is 0 Å². The molecule has 5 nitrogen and oxygen atoms in total. The van der Waals surface area contributed by atoms with Crippen LogP contribution in [0.4, 0.5) is 5.69 Å². The first kappa shape index (κ1) is 11.3. The van der Waals surface area contributed by atoms with Crippen LogP contribution in [0.2, 0.25) is 0 Å². The molecule has 0 saturated carbocycles. The summed E-state index contributed by atoms with van der Waals surface area (Å²) >= 11 is 0. The van der Waals surface area contributed by atoms with E-state index < -0.39 is 5.97 Å². The van der Waals surface area contributed by atoms with Crippen LogP contribution >= 0.6 is 0 Å². The van der Waals surface area contributed by atoms with E-state index >= 15 is 0 Å². The molecule has 0 fully saturated rings. The zero-order chi connectivity index (χ0) is 11.3. The molecule has 1 aromatic carbocycles. The van der Waals surface area contributed by atoms with Crippen LogP contribution in [0.1, 0.15) is 10.4 Å². The van der Waals surface area contributed by atoms with Crippen molar-refractivity contribution in [1.29, 1.82) is 0 Å². The van der Waals surface area contributed by atoms with Gasteiger partial charge in [0.05, 0.1) is 12.7 Å². The van der Waals surface area contributed by atoms with E-state index in [9.17, 15) is 4.79 Å². The van der Waals surface area contributed by atoms with Gasteiger partial charge in [0.2, 0.25) is 0 Å². The second kappa shape index (κ2) is 5.21. The molecule has 1 rings (SSSR count). The summed E-state index contributed by atoms with van der Waals surface area (Å²) in [5, 5.41) is 0. The number of carbonyl (C=O) groups excluding carboxylic acids is 1. The maximum atomic E-state index is 11.4. The summed E-state index contributed by atoms with van der Waals surface area (Å²) in [4.78, 5) is 11.4. The van der Waals surface area contributed by atoms with Gasteiger partial charge in [-0.3, -0.25) is 0 Å². The van der Waals surface area contributed by atoms with Crippen molar-refractivity contribution in [1.82, 2.24) is 0 Å². The molecule has 5 heteroatoms. The fraction of sp³-hybridized carbons (Fsp3) is 0.300. The highest BCUT2D eigenvalue weighted by molar-refractivity contribution is 5.91. The minimum Gasteiger partial charge on any atom is -0.497 e. The van der Waals surface area contributed by atoms with Crippen LogP contribution in [0.25, 0.3) is 0 Å². The first-order chi connectivity index (χ1) is 7.17. The number of nitrogen functional groups attached to an aromatic ring is 1. The lowest BCUT2D eigenvalue weighted by atomic mass is 10.2. The van der Waals surface area contributed by atoms with E-state index in [1.165, 1.54) is 20.3 Å². The third-order valence-electron chi connectivity index (χ3n) is 1.71. The van der Waals surface area contributed by atoms with Crippen LogP contribution in [-0.4, -0.2) is 27.0 Å². The molecule has 1 aromatic rings. The molecule has 0 atom stereocenters. The van der Waals surface area contributed by atoms with Crippen LogP contribution < -0.4 is 10.5 Å². The lowest BCUT2D eigenvalue weighted by Crippen LogP contribution is -2.08. The Bertz CT molecular complexity index is 351. The van der Waals surface area contributed by atoms with Gasteiger partial charge < -0.3 is 19.9 Å². The molecule has 0 bridgehead atoms. The summed E-state index contributed by atoms with van der Waals surface area (Å²) in [6.07, 6.45) is 0. The molecule has 0 aromatic heterocycles. The topological polar surface area (TPSA) is 70.8 Å². The molecule has 0 saturated heterocycles. The number of benzene rings is 1. The molecular weight excluding hydrogens is 198 g/mol. The number of hydrogen-bond donors (Lipinski definition) is 1. The largest absolute Gasteiger partial charge is 0.497 e. The maximum Gasteiger partial charge on any atom is 0.340 e. The van der Waals surface area contributed by atoms with Crippen LogP contribution in [0.5, 0.6) is 5.75 Å². The zero-order valence-electron chi connectivity index (χ0n) is 8.65. The number of ether oxygens (including phenoxy) is 3. The molecule has 0 spiro atoms. The van der Waals surface area contributed by atoms with Crippen molar-refractivity contribution in [3.8, 4) is 5.75 Å². The van der Waals surface area contributed by atoms with Crippen LogP contribution in [0.15, 0.2) is 18.2 Å². The van der Waals surface area contributed by atoms with E-state index in [-0.39, 0.29) is 6.79 Å². The van der Waals surface area contributed by atoms with E-state index in [4.69, 9.17) is 15.2 Å². The Balaban J connectivity index is 2.83. The summed E-state index contributed by atoms with van der Waals surface area (Å²) < 4.78 is 14.3. The molecule has 0 aliphatic carbocycles. The highest BCUT2D eigenvalue weighted by atomic mass is 16.7. The van der Waals surface area contributed by atoms with Crippen molar-refractivity contribution in [2.24, 2.45) is 0 Å². The summed E-state index contributed by atoms with van der Waals surface area (Å²) in [6.45, 7) is -0.0874. The average Bonchev–Trinajstić information content (AvgIpc) is 2.24. The van der Waals surface area contributed by atoms with Gasteiger partial charge in [0.1, 0.15) is 5.75 Å². The Hall–Kier alpha value is -1.75. The van der Waals surface area contributed by atoms with E-state index in [0.29, 0.717) is 17.0 Å². The minimum absolute atomic E-state index is 0.0874. The van der Waals surface area contributed by atoms with Crippen LogP contribution in [0, 0.1) is 0 Å². The number of hydrogen-bond acceptors (Lipinski definition) is 5. The van der Waals surface area contributed by atoms with E-state index in [1.807, 2.05) is 0 Å². The van der Waals surface area contributed by atoms with E-state index in [1.54, 1.807) is 12.1 Å². The molecular formula is C10H13NO4. The molecule has 0 heterocycles. The van der Waals surface area contributed by atoms with E-state index in [0.717, 1.165) is 0 Å². The second-order valence-electron chi connectivity index (χ2n) is 2.83. The third kappa shape index (κ3) is 3.14. The summed E-state index contributed by atoms with van der Waals surface area (Å²) in [5.74, 6) is 0.0156. The monoisotopic (exact) mass is 211 g/mol. The summed E-state index contributed by atoms with van der Waals surface area (Å²) in [6, 6.07) is 4.68. The van der Waals surface area contributed by atoms with Gasteiger partial charge in [-0.05, 0) is 12.1 Å². The Kier molecular flexibility index (Phi) is 3.93. The number of anilines is 1. The Morgan fingerprint density at radius 2 is 2.07 bits per heavy atom. The highest BCUT2D eigenvalue weighted by Crippen LogP contribution is 2.18. The highest BCUT2D eigenvalue weighted by Gasteiger charge is 2.09. The van der Waals surface area contributed by atoms with Gasteiger partial charge in [0.15, 0.2) is 6.79 Å². The summed E-state index contributed by atoms with van der Waals surface area (Å²) in [5.41, 5.74) is 6.36. The Morgan fingerprint density at radius 1 is 1.33 bits per heavy atom. The fourth-order valence-corrected chi connectivity index (χ4v) is 1.05. The molecule has 0 aliphatic rings. The van der Waals surface area contributed by atoms with Gasteiger partial charge in [0, 0.05) is 18.9 Å². The van der Waals surface area contributed by atoms with Gasteiger partial charge in [-0.15, -0.1) is 0 Å². The first-order valence-corrected chi connectivity index (χ1v) is 4.28. The molecule has 0 radical (unpaired) electrons. The second-order valence-corrected chi connectivity index (χ2v) is 2.83. The van der Waals surface area contributed by atoms with E-state index in [2.05, 4.69) is 4.74 Å². The Morgan fingerprint density at radius 3 is 2.67 bits per heavy atom. The van der Waals surface area contributed by atoms with Crippen molar-refractivity contribution in [3.63, 3.8) is 0 Å². The van der Waals surface area contributed by atoms with Gasteiger partial charge >= 0.3 is 5.97 Å². The molecule has 82 valence electrons. The third-order valence-corrected chi connectivity index (χ3v) is 1.71. The lowest BCUT2D eigenvalue weighted by Gasteiger charge is -2.06. The molecule has 2 N–H and O–H groups in total. The fourth-order valence-electron chi connectivity index (χ4n) is 1.05. The van der Waals surface area contributed by atoms with Gasteiger partial charge in [-0.2, -0.15) is 0 Å². The SMILES string of the molecule is COCOC(=O)c1cc(N)cc(OC)c1. The van der Waals surface area contributed by atoms with Gasteiger partial charge in [0.25, 0.3) is 0 Å².